The van der Waals surface area contributed by atoms with E-state index in [-0.39, 0.29) is 24.5 Å². The Hall–Kier alpha value is -3.23. The fourth-order valence-corrected chi connectivity index (χ4v) is 5.27. The first-order chi connectivity index (χ1) is 15.7. The first kappa shape index (κ1) is 20.7. The van der Waals surface area contributed by atoms with Gasteiger partial charge in [0.25, 0.3) is 5.91 Å². The van der Waals surface area contributed by atoms with Gasteiger partial charge in [0, 0.05) is 17.8 Å². The minimum Gasteiger partial charge on any atom is -0.468 e. The van der Waals surface area contributed by atoms with Crippen molar-refractivity contribution in [2.45, 2.75) is 24.9 Å². The zero-order chi connectivity index (χ0) is 22.1. The van der Waals surface area contributed by atoms with Crippen molar-refractivity contribution < 1.29 is 18.7 Å². The monoisotopic (exact) mass is 449 g/mol. The number of nitrogens with zero attached hydrogens (tertiary/aromatic N) is 3. The maximum Gasteiger partial charge on any atom is 0.327 e. The molecule has 2 aliphatic heterocycles. The van der Waals surface area contributed by atoms with Crippen LogP contribution >= 0.6 is 11.3 Å². The molecule has 164 valence electrons. The minimum atomic E-state index is -0.606. The van der Waals surface area contributed by atoms with E-state index in [1.165, 1.54) is 7.11 Å². The molecule has 0 N–H and O–H groups in total. The predicted molar refractivity (Wildman–Crippen MR) is 120 cm³/mol. The fourth-order valence-electron chi connectivity index (χ4n) is 4.46. The number of carbonyl (C=O) groups excluding carboxylic acids is 2. The molecule has 0 saturated carbocycles. The number of thiophene rings is 1. The van der Waals surface area contributed by atoms with Crippen LogP contribution in [-0.4, -0.2) is 47.7 Å². The molecule has 0 saturated heterocycles. The number of methoxy groups -OCH3 is 1. The topological polar surface area (TPSA) is 75.3 Å². The number of hydrazone groups is 1. The highest BCUT2D eigenvalue weighted by molar-refractivity contribution is 7.10. The van der Waals surface area contributed by atoms with E-state index in [9.17, 15) is 9.59 Å². The third-order valence-corrected chi connectivity index (χ3v) is 6.96. The number of hydrogen-bond donors (Lipinski definition) is 0. The lowest BCUT2D eigenvalue weighted by molar-refractivity contribution is -0.149. The molecule has 0 bridgehead atoms. The van der Waals surface area contributed by atoms with Crippen molar-refractivity contribution in [1.82, 2.24) is 9.91 Å². The van der Waals surface area contributed by atoms with Crippen molar-refractivity contribution in [3.63, 3.8) is 0 Å². The van der Waals surface area contributed by atoms with E-state index in [0.717, 1.165) is 28.1 Å². The molecule has 7 nitrogen and oxygen atoms in total. The normalized spacial score (nSPS) is 20.7. The second kappa shape index (κ2) is 8.72. The molecule has 2 atom stereocenters. The number of hydrogen-bond acceptors (Lipinski definition) is 7. The maximum absolute atomic E-state index is 13.5. The summed E-state index contributed by atoms with van der Waals surface area (Å²) < 4.78 is 10.6. The Balaban J connectivity index is 1.42. The van der Waals surface area contributed by atoms with Gasteiger partial charge < -0.3 is 9.15 Å². The molecular formula is C24H23N3O4S. The van der Waals surface area contributed by atoms with E-state index in [2.05, 4.69) is 5.10 Å². The lowest BCUT2D eigenvalue weighted by Gasteiger charge is -2.35. The van der Waals surface area contributed by atoms with Crippen LogP contribution in [0, 0.1) is 0 Å². The van der Waals surface area contributed by atoms with Gasteiger partial charge in [-0.05, 0) is 41.1 Å². The lowest BCUT2D eigenvalue weighted by atomic mass is 9.92. The van der Waals surface area contributed by atoms with Gasteiger partial charge in [-0.15, -0.1) is 11.3 Å². The molecule has 1 amide bonds. The van der Waals surface area contributed by atoms with Crippen molar-refractivity contribution in [1.29, 1.82) is 0 Å². The number of amides is 1. The minimum absolute atomic E-state index is 0.0743. The molecule has 5 rings (SSSR count). The summed E-state index contributed by atoms with van der Waals surface area (Å²) in [5, 5.41) is 8.19. The van der Waals surface area contributed by atoms with Gasteiger partial charge in [0.15, 0.2) is 0 Å². The van der Waals surface area contributed by atoms with Crippen molar-refractivity contribution in [2.75, 3.05) is 20.2 Å². The Morgan fingerprint density at radius 3 is 2.81 bits per heavy atom. The van der Waals surface area contributed by atoms with Crippen LogP contribution in [0.3, 0.4) is 0 Å². The van der Waals surface area contributed by atoms with Gasteiger partial charge in [-0.1, -0.05) is 30.3 Å². The van der Waals surface area contributed by atoms with E-state index in [1.54, 1.807) is 22.6 Å². The van der Waals surface area contributed by atoms with Gasteiger partial charge in [-0.25, -0.2) is 9.80 Å². The number of ether oxygens (including phenoxy) is 1. The first-order valence-electron chi connectivity index (χ1n) is 10.5. The SMILES string of the molecule is COC(=O)[C@@H]1c2ccccc2CCN1CC(=O)N1N=C(c2ccco2)C[C@@H]1c1cccs1. The van der Waals surface area contributed by atoms with Gasteiger partial charge in [-0.3, -0.25) is 9.69 Å². The zero-order valence-electron chi connectivity index (χ0n) is 17.6. The Labute approximate surface area is 189 Å². The van der Waals surface area contributed by atoms with Crippen LogP contribution in [0.4, 0.5) is 0 Å². The maximum atomic E-state index is 13.5. The Morgan fingerprint density at radius 2 is 2.06 bits per heavy atom. The number of carbonyl (C=O) groups is 2. The summed E-state index contributed by atoms with van der Waals surface area (Å²) in [6.45, 7) is 0.666. The average Bonchev–Trinajstić information content (AvgIpc) is 3.59. The van der Waals surface area contributed by atoms with Gasteiger partial charge in [0.05, 0.1) is 26.0 Å². The highest BCUT2D eigenvalue weighted by Gasteiger charge is 2.39. The number of furan rings is 1. The Bertz CT molecular complexity index is 1140. The van der Waals surface area contributed by atoms with E-state index >= 15 is 0 Å². The molecule has 2 aromatic heterocycles. The smallest absolute Gasteiger partial charge is 0.327 e. The molecule has 0 unspecified atom stereocenters. The summed E-state index contributed by atoms with van der Waals surface area (Å²) >= 11 is 1.60. The van der Waals surface area contributed by atoms with Crippen LogP contribution in [0.1, 0.15) is 40.3 Å². The Kier molecular flexibility index (Phi) is 5.63. The van der Waals surface area contributed by atoms with Gasteiger partial charge in [0.2, 0.25) is 0 Å². The summed E-state index contributed by atoms with van der Waals surface area (Å²) in [7, 11) is 1.38. The third kappa shape index (κ3) is 3.76. The van der Waals surface area contributed by atoms with E-state index in [0.29, 0.717) is 18.7 Å². The summed E-state index contributed by atoms with van der Waals surface area (Å²) in [6.07, 6.45) is 2.96. The highest BCUT2D eigenvalue weighted by atomic mass is 32.1. The fraction of sp³-hybridized carbons (Fsp3) is 0.292. The molecule has 1 aromatic carbocycles. The van der Waals surface area contributed by atoms with Gasteiger partial charge >= 0.3 is 5.97 Å². The highest BCUT2D eigenvalue weighted by Crippen LogP contribution is 2.36. The second-order valence-electron chi connectivity index (χ2n) is 7.84. The molecule has 0 radical (unpaired) electrons. The number of fused-ring (bicyclic) bond motifs is 1. The standard InChI is InChI=1S/C24H23N3O4S/c1-30-24(29)23-17-7-3-2-6-16(17)10-11-26(23)15-22(28)27-19(21-9-5-13-32-21)14-18(25-27)20-8-4-12-31-20/h2-9,12-13,19,23H,10-11,14-15H2,1H3/t19-,23+/m1/s1. The molecule has 0 spiro atoms. The summed E-state index contributed by atoms with van der Waals surface area (Å²) in [5.41, 5.74) is 2.76. The summed E-state index contributed by atoms with van der Waals surface area (Å²) in [5.74, 6) is 0.153. The largest absolute Gasteiger partial charge is 0.468 e. The van der Waals surface area contributed by atoms with Crippen LogP contribution in [0.15, 0.2) is 69.7 Å². The second-order valence-corrected chi connectivity index (χ2v) is 8.82. The predicted octanol–water partition coefficient (Wildman–Crippen LogP) is 3.79. The molecule has 8 heteroatoms. The van der Waals surface area contributed by atoms with Crippen LogP contribution in [-0.2, 0) is 20.7 Å². The first-order valence-corrected chi connectivity index (χ1v) is 11.4. The molecule has 0 aliphatic carbocycles. The van der Waals surface area contributed by atoms with E-state index < -0.39 is 6.04 Å². The van der Waals surface area contributed by atoms with Crippen molar-refractivity contribution in [2.24, 2.45) is 5.10 Å². The molecule has 32 heavy (non-hydrogen) atoms. The van der Waals surface area contributed by atoms with Crippen LogP contribution in [0.2, 0.25) is 0 Å². The van der Waals surface area contributed by atoms with Crippen molar-refractivity contribution in [3.8, 4) is 0 Å². The number of rotatable bonds is 5. The molecule has 3 aromatic rings. The van der Waals surface area contributed by atoms with Crippen LogP contribution in [0.5, 0.6) is 0 Å². The number of benzene rings is 1. The summed E-state index contributed by atoms with van der Waals surface area (Å²) in [6, 6.07) is 14.7. The van der Waals surface area contributed by atoms with Crippen LogP contribution < -0.4 is 0 Å². The summed E-state index contributed by atoms with van der Waals surface area (Å²) in [4.78, 5) is 29.1. The lowest BCUT2D eigenvalue weighted by Crippen LogP contribution is -2.45. The van der Waals surface area contributed by atoms with E-state index in [1.807, 2.05) is 58.8 Å². The molecule has 2 aliphatic rings. The zero-order valence-corrected chi connectivity index (χ0v) is 18.5. The van der Waals surface area contributed by atoms with Crippen LogP contribution in [0.25, 0.3) is 0 Å². The van der Waals surface area contributed by atoms with Gasteiger partial charge in [-0.2, -0.15) is 5.10 Å². The van der Waals surface area contributed by atoms with E-state index in [4.69, 9.17) is 9.15 Å². The molecule has 0 fully saturated rings. The Morgan fingerprint density at radius 1 is 1.19 bits per heavy atom. The average molecular weight is 450 g/mol. The van der Waals surface area contributed by atoms with Crippen molar-refractivity contribution >= 4 is 28.9 Å². The molecular weight excluding hydrogens is 426 g/mol. The number of esters is 1. The third-order valence-electron chi connectivity index (χ3n) is 5.99. The quantitative estimate of drug-likeness (QED) is 0.554. The van der Waals surface area contributed by atoms with Crippen molar-refractivity contribution in [3.05, 3.63) is 81.9 Å². The van der Waals surface area contributed by atoms with Gasteiger partial charge in [0.1, 0.15) is 17.5 Å². The molecule has 4 heterocycles.